The predicted molar refractivity (Wildman–Crippen MR) is 71.4 cm³/mol. The molecule has 2 aromatic rings. The number of anilines is 1. The van der Waals surface area contributed by atoms with Gasteiger partial charge in [0.15, 0.2) is 5.82 Å². The number of rotatable bonds is 5. The van der Waals surface area contributed by atoms with E-state index in [1.54, 1.807) is 0 Å². The van der Waals surface area contributed by atoms with Gasteiger partial charge in [-0.1, -0.05) is 24.6 Å². The Morgan fingerprint density at radius 3 is 2.83 bits per heavy atom. The Balaban J connectivity index is 2.04. The number of benzene rings is 1. The molecule has 5 nitrogen and oxygen atoms in total. The van der Waals surface area contributed by atoms with Crippen LogP contribution in [0.15, 0.2) is 18.2 Å². The largest absolute Gasteiger partial charge is 0.377 e. The highest BCUT2D eigenvalue weighted by atomic mass is 15.5. The maximum Gasteiger partial charge on any atom is 0.170 e. The normalized spacial score (nSPS) is 10.6. The van der Waals surface area contributed by atoms with Crippen molar-refractivity contribution in [2.45, 2.75) is 40.3 Å². The standard InChI is InChI=1S/C13H19N5/c1-4-7-18-13(15-16-17-18)9-14-12-6-5-10(2)8-11(12)3/h5-6,8,14H,4,7,9H2,1-3H3. The molecule has 1 aromatic carbocycles. The van der Waals surface area contributed by atoms with Crippen LogP contribution in [0.25, 0.3) is 0 Å². The Hall–Kier alpha value is -1.91. The number of hydrogen-bond acceptors (Lipinski definition) is 4. The van der Waals surface area contributed by atoms with E-state index in [-0.39, 0.29) is 0 Å². The van der Waals surface area contributed by atoms with E-state index in [4.69, 9.17) is 0 Å². The average molecular weight is 245 g/mol. The number of aromatic nitrogens is 4. The lowest BCUT2D eigenvalue weighted by Gasteiger charge is -2.10. The Kier molecular flexibility index (Phi) is 3.92. The van der Waals surface area contributed by atoms with Crippen molar-refractivity contribution in [1.29, 1.82) is 0 Å². The molecule has 1 N–H and O–H groups in total. The Morgan fingerprint density at radius 1 is 1.28 bits per heavy atom. The van der Waals surface area contributed by atoms with Crippen LogP contribution in [-0.4, -0.2) is 20.2 Å². The van der Waals surface area contributed by atoms with E-state index in [9.17, 15) is 0 Å². The molecule has 0 amide bonds. The second-order valence-electron chi connectivity index (χ2n) is 4.49. The van der Waals surface area contributed by atoms with E-state index in [0.717, 1.165) is 24.5 Å². The molecule has 2 rings (SSSR count). The predicted octanol–water partition coefficient (Wildman–Crippen LogP) is 2.31. The zero-order chi connectivity index (χ0) is 13.0. The summed E-state index contributed by atoms with van der Waals surface area (Å²) in [5.41, 5.74) is 3.64. The van der Waals surface area contributed by atoms with Crippen LogP contribution in [0.1, 0.15) is 30.3 Å². The number of nitrogens with zero attached hydrogens (tertiary/aromatic N) is 4. The lowest BCUT2D eigenvalue weighted by molar-refractivity contribution is 0.558. The first kappa shape index (κ1) is 12.5. The zero-order valence-electron chi connectivity index (χ0n) is 11.1. The molecule has 0 bridgehead atoms. The van der Waals surface area contributed by atoms with Gasteiger partial charge in [-0.25, -0.2) is 4.68 Å². The molecule has 0 aliphatic heterocycles. The first-order valence-electron chi connectivity index (χ1n) is 6.27. The third-order valence-corrected chi connectivity index (χ3v) is 2.86. The van der Waals surface area contributed by atoms with E-state index in [0.29, 0.717) is 6.54 Å². The molecule has 0 fully saturated rings. The number of tetrazole rings is 1. The van der Waals surface area contributed by atoms with Crippen molar-refractivity contribution in [3.8, 4) is 0 Å². The number of hydrogen-bond donors (Lipinski definition) is 1. The highest BCUT2D eigenvalue weighted by Crippen LogP contribution is 2.16. The van der Waals surface area contributed by atoms with Gasteiger partial charge in [0.25, 0.3) is 0 Å². The van der Waals surface area contributed by atoms with E-state index >= 15 is 0 Å². The van der Waals surface area contributed by atoms with Crippen molar-refractivity contribution in [1.82, 2.24) is 20.2 Å². The topological polar surface area (TPSA) is 55.6 Å². The van der Waals surface area contributed by atoms with Gasteiger partial charge in [0.05, 0.1) is 6.54 Å². The Bertz CT molecular complexity index is 518. The highest BCUT2D eigenvalue weighted by molar-refractivity contribution is 5.51. The van der Waals surface area contributed by atoms with Crippen molar-refractivity contribution in [3.05, 3.63) is 35.2 Å². The summed E-state index contributed by atoms with van der Waals surface area (Å²) in [5, 5.41) is 15.1. The first-order valence-corrected chi connectivity index (χ1v) is 6.27. The summed E-state index contributed by atoms with van der Waals surface area (Å²) in [6, 6.07) is 6.36. The molecule has 0 aliphatic rings. The maximum absolute atomic E-state index is 4.04. The van der Waals surface area contributed by atoms with Crippen LogP contribution in [0.3, 0.4) is 0 Å². The van der Waals surface area contributed by atoms with E-state index in [2.05, 4.69) is 59.8 Å². The van der Waals surface area contributed by atoms with E-state index in [1.807, 2.05) is 4.68 Å². The molecule has 18 heavy (non-hydrogen) atoms. The second-order valence-corrected chi connectivity index (χ2v) is 4.49. The molecular weight excluding hydrogens is 226 g/mol. The minimum atomic E-state index is 0.650. The van der Waals surface area contributed by atoms with Crippen molar-refractivity contribution in [3.63, 3.8) is 0 Å². The lowest BCUT2D eigenvalue weighted by Crippen LogP contribution is -2.10. The summed E-state index contributed by atoms with van der Waals surface area (Å²) in [4.78, 5) is 0. The van der Waals surface area contributed by atoms with E-state index in [1.165, 1.54) is 11.1 Å². The van der Waals surface area contributed by atoms with Gasteiger partial charge in [0, 0.05) is 12.2 Å². The van der Waals surface area contributed by atoms with Gasteiger partial charge < -0.3 is 5.32 Å². The van der Waals surface area contributed by atoms with Gasteiger partial charge in [-0.05, 0) is 42.3 Å². The second kappa shape index (κ2) is 5.62. The van der Waals surface area contributed by atoms with Crippen molar-refractivity contribution in [2.24, 2.45) is 0 Å². The molecular formula is C13H19N5. The Labute approximate surface area is 107 Å². The molecule has 1 aromatic heterocycles. The molecule has 0 saturated heterocycles. The zero-order valence-corrected chi connectivity index (χ0v) is 11.1. The fraction of sp³-hybridized carbons (Fsp3) is 0.462. The molecule has 1 heterocycles. The van der Waals surface area contributed by atoms with Crippen LogP contribution in [-0.2, 0) is 13.1 Å². The monoisotopic (exact) mass is 245 g/mol. The SMILES string of the molecule is CCCn1nnnc1CNc1ccc(C)cc1C. The van der Waals surface area contributed by atoms with Crippen molar-refractivity contribution >= 4 is 5.69 Å². The molecule has 96 valence electrons. The summed E-state index contributed by atoms with van der Waals surface area (Å²) in [7, 11) is 0. The van der Waals surface area contributed by atoms with Crippen LogP contribution in [0, 0.1) is 13.8 Å². The van der Waals surface area contributed by atoms with Crippen LogP contribution in [0.5, 0.6) is 0 Å². The third-order valence-electron chi connectivity index (χ3n) is 2.86. The summed E-state index contributed by atoms with van der Waals surface area (Å²) >= 11 is 0. The van der Waals surface area contributed by atoms with Crippen LogP contribution >= 0.6 is 0 Å². The molecule has 0 atom stereocenters. The van der Waals surface area contributed by atoms with Crippen molar-refractivity contribution < 1.29 is 0 Å². The van der Waals surface area contributed by atoms with Crippen LogP contribution in [0.4, 0.5) is 5.69 Å². The fourth-order valence-corrected chi connectivity index (χ4v) is 1.92. The van der Waals surface area contributed by atoms with E-state index < -0.39 is 0 Å². The molecule has 5 heteroatoms. The van der Waals surface area contributed by atoms with Gasteiger partial charge in [0.1, 0.15) is 0 Å². The molecule has 0 saturated carbocycles. The van der Waals surface area contributed by atoms with Crippen molar-refractivity contribution in [2.75, 3.05) is 5.32 Å². The van der Waals surface area contributed by atoms with Gasteiger partial charge in [0.2, 0.25) is 0 Å². The summed E-state index contributed by atoms with van der Waals surface area (Å²) in [6.07, 6.45) is 1.03. The third kappa shape index (κ3) is 2.85. The number of nitrogens with one attached hydrogen (secondary N) is 1. The smallest absolute Gasteiger partial charge is 0.170 e. The molecule has 0 unspecified atom stereocenters. The minimum absolute atomic E-state index is 0.650. The molecule has 0 aliphatic carbocycles. The summed E-state index contributed by atoms with van der Waals surface area (Å²) < 4.78 is 1.84. The summed E-state index contributed by atoms with van der Waals surface area (Å²) in [6.45, 7) is 7.82. The first-order chi connectivity index (χ1) is 8.70. The number of aryl methyl sites for hydroxylation is 3. The maximum atomic E-state index is 4.04. The highest BCUT2D eigenvalue weighted by Gasteiger charge is 2.05. The van der Waals surface area contributed by atoms with Gasteiger partial charge in [-0.3, -0.25) is 0 Å². The fourth-order valence-electron chi connectivity index (χ4n) is 1.92. The minimum Gasteiger partial charge on any atom is -0.377 e. The van der Waals surface area contributed by atoms with Gasteiger partial charge in [-0.15, -0.1) is 5.10 Å². The van der Waals surface area contributed by atoms with Gasteiger partial charge >= 0.3 is 0 Å². The van der Waals surface area contributed by atoms with Crippen LogP contribution < -0.4 is 5.32 Å². The quantitative estimate of drug-likeness (QED) is 0.878. The van der Waals surface area contributed by atoms with Gasteiger partial charge in [-0.2, -0.15) is 0 Å². The molecule has 0 spiro atoms. The summed E-state index contributed by atoms with van der Waals surface area (Å²) in [5.74, 6) is 0.872. The lowest BCUT2D eigenvalue weighted by atomic mass is 10.1. The Morgan fingerprint density at radius 2 is 2.11 bits per heavy atom. The van der Waals surface area contributed by atoms with Crippen LogP contribution in [0.2, 0.25) is 0 Å². The average Bonchev–Trinajstić information content (AvgIpc) is 2.76. The molecule has 0 radical (unpaired) electrons.